The molecule has 0 saturated carbocycles. The highest BCUT2D eigenvalue weighted by Gasteiger charge is 2.03. The molecule has 0 atom stereocenters. The van der Waals surface area contributed by atoms with Crippen molar-refractivity contribution in [2.75, 3.05) is 0 Å². The van der Waals surface area contributed by atoms with Gasteiger partial charge in [0.15, 0.2) is 0 Å². The van der Waals surface area contributed by atoms with Gasteiger partial charge in [0.25, 0.3) is 0 Å². The van der Waals surface area contributed by atoms with Crippen molar-refractivity contribution < 1.29 is 9.53 Å². The van der Waals surface area contributed by atoms with Gasteiger partial charge in [-0.2, -0.15) is 0 Å². The van der Waals surface area contributed by atoms with E-state index < -0.39 is 5.97 Å². The zero-order valence-corrected chi connectivity index (χ0v) is 13.0. The molecule has 1 heterocycles. The Kier molecular flexibility index (Phi) is 4.30. The molecule has 0 unspecified atom stereocenters. The Labute approximate surface area is 132 Å². The Morgan fingerprint density at radius 3 is 2.68 bits per heavy atom. The summed E-state index contributed by atoms with van der Waals surface area (Å²) in [6.07, 6.45) is 4.06. The van der Waals surface area contributed by atoms with Gasteiger partial charge in [-0.25, -0.2) is 9.78 Å². The molecule has 0 aliphatic rings. The number of esters is 1. The summed E-state index contributed by atoms with van der Waals surface area (Å²) >= 11 is 1.54. The molecule has 0 amide bonds. The Morgan fingerprint density at radius 2 is 1.95 bits per heavy atom. The summed E-state index contributed by atoms with van der Waals surface area (Å²) in [5, 5.41) is 0.791. The molecule has 3 nitrogen and oxygen atoms in total. The summed E-state index contributed by atoms with van der Waals surface area (Å²) in [7, 11) is 0. The summed E-state index contributed by atoms with van der Waals surface area (Å²) in [4.78, 5) is 16.3. The van der Waals surface area contributed by atoms with Gasteiger partial charge in [-0.05, 0) is 42.3 Å². The molecule has 2 aromatic carbocycles. The number of hydrogen-bond acceptors (Lipinski definition) is 4. The predicted molar refractivity (Wildman–Crippen MR) is 90.1 cm³/mol. The largest absolute Gasteiger partial charge is 0.423 e. The third-order valence-corrected chi connectivity index (χ3v) is 4.22. The molecule has 1 aromatic heterocycles. The molecular formula is C18H15NO2S. The lowest BCUT2D eigenvalue weighted by molar-refractivity contribution is -0.128. The van der Waals surface area contributed by atoms with Crippen LogP contribution in [0.3, 0.4) is 0 Å². The van der Waals surface area contributed by atoms with Crippen LogP contribution in [-0.4, -0.2) is 11.0 Å². The standard InChI is InChI=1S/C18H15NO2S/c1-2-13-7-9-14(10-8-13)21-18(20)12-11-17-19-15-5-3-4-6-16(15)22-17/h3-12H,2H2,1H3/b12-11+. The molecule has 0 aliphatic heterocycles. The van der Waals surface area contributed by atoms with Crippen LogP contribution in [0.25, 0.3) is 16.3 Å². The third kappa shape index (κ3) is 3.40. The second kappa shape index (κ2) is 6.54. The topological polar surface area (TPSA) is 39.2 Å². The first-order chi connectivity index (χ1) is 10.7. The van der Waals surface area contributed by atoms with Gasteiger partial charge < -0.3 is 4.74 Å². The van der Waals surface area contributed by atoms with Crippen molar-refractivity contribution in [3.63, 3.8) is 0 Å². The highest BCUT2D eigenvalue weighted by Crippen LogP contribution is 2.22. The van der Waals surface area contributed by atoms with Crippen LogP contribution in [0.4, 0.5) is 0 Å². The minimum absolute atomic E-state index is 0.400. The van der Waals surface area contributed by atoms with E-state index in [0.717, 1.165) is 21.6 Å². The minimum atomic E-state index is -0.400. The second-order valence-corrected chi connectivity index (χ2v) is 5.83. The van der Waals surface area contributed by atoms with E-state index in [2.05, 4.69) is 11.9 Å². The minimum Gasteiger partial charge on any atom is -0.423 e. The zero-order valence-electron chi connectivity index (χ0n) is 12.2. The van der Waals surface area contributed by atoms with E-state index >= 15 is 0 Å². The summed E-state index contributed by atoms with van der Waals surface area (Å²) in [5.74, 6) is 0.152. The average molecular weight is 309 g/mol. The molecule has 110 valence electrons. The van der Waals surface area contributed by atoms with E-state index in [4.69, 9.17) is 4.74 Å². The van der Waals surface area contributed by atoms with Crippen molar-refractivity contribution in [3.05, 3.63) is 65.2 Å². The predicted octanol–water partition coefficient (Wildman–Crippen LogP) is 4.48. The van der Waals surface area contributed by atoms with Crippen LogP contribution in [0.15, 0.2) is 54.6 Å². The number of nitrogens with zero attached hydrogens (tertiary/aromatic N) is 1. The van der Waals surface area contributed by atoms with Crippen LogP contribution in [0.5, 0.6) is 5.75 Å². The maximum absolute atomic E-state index is 11.8. The fourth-order valence-electron chi connectivity index (χ4n) is 2.04. The van der Waals surface area contributed by atoms with Gasteiger partial charge >= 0.3 is 5.97 Å². The molecule has 4 heteroatoms. The fraction of sp³-hybridized carbons (Fsp3) is 0.111. The SMILES string of the molecule is CCc1ccc(OC(=O)/C=C/c2nc3ccccc3s2)cc1. The zero-order chi connectivity index (χ0) is 15.4. The number of rotatable bonds is 4. The van der Waals surface area contributed by atoms with Crippen LogP contribution in [0, 0.1) is 0 Å². The maximum atomic E-state index is 11.8. The number of carbonyl (C=O) groups excluding carboxylic acids is 1. The molecule has 22 heavy (non-hydrogen) atoms. The van der Waals surface area contributed by atoms with Crippen LogP contribution >= 0.6 is 11.3 Å². The summed E-state index contributed by atoms with van der Waals surface area (Å²) in [6.45, 7) is 2.09. The van der Waals surface area contributed by atoms with Crippen LogP contribution < -0.4 is 4.74 Å². The van der Waals surface area contributed by atoms with E-state index in [0.29, 0.717) is 5.75 Å². The molecule has 0 fully saturated rings. The van der Waals surface area contributed by atoms with Crippen LogP contribution in [0.2, 0.25) is 0 Å². The van der Waals surface area contributed by atoms with Crippen molar-refractivity contribution in [1.82, 2.24) is 4.98 Å². The highest BCUT2D eigenvalue weighted by atomic mass is 32.1. The molecule has 3 rings (SSSR count). The number of para-hydroxylation sites is 1. The third-order valence-electron chi connectivity index (χ3n) is 3.22. The quantitative estimate of drug-likeness (QED) is 0.405. The number of ether oxygens (including phenoxy) is 1. The van der Waals surface area contributed by atoms with E-state index in [-0.39, 0.29) is 0 Å². The molecule has 0 radical (unpaired) electrons. The van der Waals surface area contributed by atoms with Gasteiger partial charge in [0.2, 0.25) is 0 Å². The van der Waals surface area contributed by atoms with Gasteiger partial charge in [-0.3, -0.25) is 0 Å². The van der Waals surface area contributed by atoms with Crippen LogP contribution in [0.1, 0.15) is 17.5 Å². The van der Waals surface area contributed by atoms with E-state index in [1.807, 2.05) is 48.5 Å². The smallest absolute Gasteiger partial charge is 0.336 e. The molecule has 0 N–H and O–H groups in total. The first kappa shape index (κ1) is 14.5. The number of carbonyl (C=O) groups is 1. The first-order valence-corrected chi connectivity index (χ1v) is 7.90. The molecule has 0 saturated heterocycles. The Balaban J connectivity index is 1.67. The lowest BCUT2D eigenvalue weighted by Crippen LogP contribution is -2.03. The Hall–Kier alpha value is -2.46. The van der Waals surface area contributed by atoms with E-state index in [1.165, 1.54) is 11.6 Å². The summed E-state index contributed by atoms with van der Waals surface area (Å²) in [5.41, 5.74) is 2.15. The average Bonchev–Trinajstić information content (AvgIpc) is 2.96. The van der Waals surface area contributed by atoms with Crippen LogP contribution in [-0.2, 0) is 11.2 Å². The van der Waals surface area contributed by atoms with Gasteiger partial charge in [0.1, 0.15) is 10.8 Å². The number of aromatic nitrogens is 1. The lowest BCUT2D eigenvalue weighted by Gasteiger charge is -2.01. The Bertz CT molecular complexity index is 785. The molecule has 0 spiro atoms. The number of benzene rings is 2. The molecule has 3 aromatic rings. The number of thiazole rings is 1. The van der Waals surface area contributed by atoms with Gasteiger partial charge in [0.05, 0.1) is 10.2 Å². The van der Waals surface area contributed by atoms with Crippen molar-refractivity contribution in [1.29, 1.82) is 0 Å². The van der Waals surface area contributed by atoms with Crippen molar-refractivity contribution >= 4 is 33.6 Å². The Morgan fingerprint density at radius 1 is 1.18 bits per heavy atom. The highest BCUT2D eigenvalue weighted by molar-refractivity contribution is 7.19. The molecular weight excluding hydrogens is 294 g/mol. The maximum Gasteiger partial charge on any atom is 0.336 e. The number of fused-ring (bicyclic) bond motifs is 1. The van der Waals surface area contributed by atoms with E-state index in [9.17, 15) is 4.79 Å². The van der Waals surface area contributed by atoms with Crippen molar-refractivity contribution in [3.8, 4) is 5.75 Å². The van der Waals surface area contributed by atoms with Crippen molar-refractivity contribution in [2.45, 2.75) is 13.3 Å². The lowest BCUT2D eigenvalue weighted by atomic mass is 10.2. The normalized spacial score (nSPS) is 11.1. The van der Waals surface area contributed by atoms with E-state index in [1.54, 1.807) is 17.4 Å². The number of hydrogen-bond donors (Lipinski definition) is 0. The van der Waals surface area contributed by atoms with Gasteiger partial charge in [-0.1, -0.05) is 31.2 Å². The van der Waals surface area contributed by atoms with Crippen molar-refractivity contribution in [2.24, 2.45) is 0 Å². The molecule has 0 aliphatic carbocycles. The summed E-state index contributed by atoms with van der Waals surface area (Å²) in [6, 6.07) is 15.4. The number of aryl methyl sites for hydroxylation is 1. The monoisotopic (exact) mass is 309 g/mol. The molecule has 0 bridgehead atoms. The first-order valence-electron chi connectivity index (χ1n) is 7.09. The summed E-state index contributed by atoms with van der Waals surface area (Å²) < 4.78 is 6.36. The second-order valence-electron chi connectivity index (χ2n) is 4.77. The van der Waals surface area contributed by atoms with Gasteiger partial charge in [0, 0.05) is 6.08 Å². The van der Waals surface area contributed by atoms with Gasteiger partial charge in [-0.15, -0.1) is 11.3 Å². The fourth-order valence-corrected chi connectivity index (χ4v) is 2.91.